The summed E-state index contributed by atoms with van der Waals surface area (Å²) in [7, 11) is 1.69. The van der Waals surface area contributed by atoms with E-state index in [1.807, 2.05) is 12.1 Å². The number of hydrogen-bond donors (Lipinski definition) is 0. The summed E-state index contributed by atoms with van der Waals surface area (Å²) in [5, 5.41) is 3.55. The van der Waals surface area contributed by atoms with Gasteiger partial charge in [-0.3, -0.25) is 0 Å². The quantitative estimate of drug-likeness (QED) is 0.330. The summed E-state index contributed by atoms with van der Waals surface area (Å²) < 4.78 is 5.37. The maximum absolute atomic E-state index is 8.15. The van der Waals surface area contributed by atoms with E-state index in [-0.39, 0.29) is 0 Å². The van der Waals surface area contributed by atoms with Crippen LogP contribution in [0.5, 0.6) is 5.75 Å². The van der Waals surface area contributed by atoms with E-state index in [1.54, 1.807) is 7.11 Å². The Morgan fingerprint density at radius 2 is 1.20 bits per heavy atom. The second kappa shape index (κ2) is 8.26. The first kappa shape index (κ1) is 20.7. The molecule has 0 atom stereocenters. The molecule has 0 aliphatic rings. The summed E-state index contributed by atoms with van der Waals surface area (Å²) in [5.41, 5.74) is 2.40. The zero-order chi connectivity index (χ0) is 21.1. The maximum atomic E-state index is 8.15. The number of benzene rings is 4. The fourth-order valence-electron chi connectivity index (χ4n) is 4.19. The van der Waals surface area contributed by atoms with Gasteiger partial charge in [-0.15, -0.1) is 0 Å². The predicted molar refractivity (Wildman–Crippen MR) is 132 cm³/mol. The van der Waals surface area contributed by atoms with E-state index >= 15 is 0 Å². The van der Waals surface area contributed by atoms with Crippen molar-refractivity contribution in [3.8, 4) is 5.75 Å². The Balaban J connectivity index is 2.06. The normalized spacial score (nSPS) is 12.7. The molecule has 4 aromatic rings. The third-order valence-electron chi connectivity index (χ3n) is 5.77. The van der Waals surface area contributed by atoms with Crippen molar-refractivity contribution in [1.29, 1.82) is 0 Å². The molecule has 30 heavy (non-hydrogen) atoms. The van der Waals surface area contributed by atoms with E-state index < -0.39 is 5.96 Å². The third-order valence-corrected chi connectivity index (χ3v) is 12.9. The molecule has 0 spiro atoms. The standard InChI is InChI=1S/C27H26ClOP/c1-22-10-9-15-27(20-22)30(28,25-11-5-3-6-12-25,26-13-7-4-8-14-26)21-23-16-18-24(29-2)19-17-23/h3-20H,21H2,1-2H3. The van der Waals surface area contributed by atoms with Crippen molar-refractivity contribution in [1.82, 2.24) is 0 Å². The topological polar surface area (TPSA) is 9.23 Å². The van der Waals surface area contributed by atoms with Crippen LogP contribution in [-0.4, -0.2) is 7.11 Å². The Morgan fingerprint density at radius 1 is 0.667 bits per heavy atom. The number of halogens is 1. The Hall–Kier alpha value is -2.60. The zero-order valence-corrected chi connectivity index (χ0v) is 19.0. The molecule has 4 aromatic carbocycles. The molecule has 0 saturated carbocycles. The number of ether oxygens (including phenoxy) is 1. The molecule has 152 valence electrons. The Labute approximate surface area is 184 Å². The van der Waals surface area contributed by atoms with Crippen LogP contribution in [0.4, 0.5) is 0 Å². The molecule has 0 unspecified atom stereocenters. The first-order valence-electron chi connectivity index (χ1n) is 10.1. The van der Waals surface area contributed by atoms with Gasteiger partial charge < -0.3 is 0 Å². The van der Waals surface area contributed by atoms with Crippen molar-refractivity contribution in [2.75, 3.05) is 7.11 Å². The van der Waals surface area contributed by atoms with E-state index in [4.69, 9.17) is 16.0 Å². The van der Waals surface area contributed by atoms with Crippen LogP contribution < -0.4 is 20.7 Å². The van der Waals surface area contributed by atoms with Crippen molar-refractivity contribution >= 4 is 33.1 Å². The molecule has 0 N–H and O–H groups in total. The first-order valence-corrected chi connectivity index (χ1v) is 13.4. The van der Waals surface area contributed by atoms with Gasteiger partial charge in [-0.2, -0.15) is 0 Å². The van der Waals surface area contributed by atoms with Crippen LogP contribution in [0.3, 0.4) is 0 Å². The van der Waals surface area contributed by atoms with Gasteiger partial charge in [0.15, 0.2) is 0 Å². The molecule has 4 rings (SSSR count). The molecule has 0 amide bonds. The van der Waals surface area contributed by atoms with Crippen LogP contribution >= 0.6 is 17.2 Å². The Bertz CT molecular complexity index is 1080. The van der Waals surface area contributed by atoms with Crippen LogP contribution in [0.1, 0.15) is 11.1 Å². The molecule has 0 saturated heterocycles. The van der Waals surface area contributed by atoms with Crippen molar-refractivity contribution in [2.45, 2.75) is 13.1 Å². The summed E-state index contributed by atoms with van der Waals surface area (Å²) in [6, 6.07) is 38.2. The van der Waals surface area contributed by atoms with Gasteiger partial charge in [-0.25, -0.2) is 0 Å². The molecule has 0 aliphatic carbocycles. The van der Waals surface area contributed by atoms with Crippen LogP contribution in [0, 0.1) is 6.92 Å². The molecule has 0 radical (unpaired) electrons. The summed E-state index contributed by atoms with van der Waals surface area (Å²) >= 11 is 8.15. The molecule has 0 aliphatic heterocycles. The number of rotatable bonds is 6. The van der Waals surface area contributed by atoms with E-state index in [0.29, 0.717) is 0 Å². The van der Waals surface area contributed by atoms with Gasteiger partial charge in [0.05, 0.1) is 0 Å². The minimum absolute atomic E-state index is 0.731. The molecular weight excluding hydrogens is 407 g/mol. The number of aryl methyl sites for hydroxylation is 1. The van der Waals surface area contributed by atoms with Gasteiger partial charge in [0.1, 0.15) is 0 Å². The second-order valence-electron chi connectivity index (χ2n) is 7.70. The fraction of sp³-hybridized carbons (Fsp3) is 0.111. The predicted octanol–water partition coefficient (Wildman–Crippen LogP) is 6.19. The Morgan fingerprint density at radius 3 is 1.70 bits per heavy atom. The molecule has 3 heteroatoms. The van der Waals surface area contributed by atoms with Gasteiger partial charge >= 0.3 is 184 Å². The number of methoxy groups -OCH3 is 1. The SMILES string of the molecule is COc1ccc(CP(Cl)(c2ccccc2)(c2ccccc2)c2cccc(C)c2)cc1. The fourth-order valence-corrected chi connectivity index (χ4v) is 10.4. The Kier molecular flexibility index (Phi) is 5.69. The van der Waals surface area contributed by atoms with Gasteiger partial charge in [-0.05, 0) is 0 Å². The van der Waals surface area contributed by atoms with Crippen molar-refractivity contribution in [3.63, 3.8) is 0 Å². The van der Waals surface area contributed by atoms with Crippen LogP contribution in [0.25, 0.3) is 0 Å². The van der Waals surface area contributed by atoms with Crippen LogP contribution in [0.15, 0.2) is 109 Å². The molecule has 0 fully saturated rings. The van der Waals surface area contributed by atoms with Crippen molar-refractivity contribution < 1.29 is 4.74 Å². The van der Waals surface area contributed by atoms with E-state index in [1.165, 1.54) is 27.0 Å². The molecule has 0 bridgehead atoms. The second-order valence-corrected chi connectivity index (χ2v) is 14.2. The summed E-state index contributed by atoms with van der Waals surface area (Å²) in [6.45, 7) is 2.13. The molecule has 0 heterocycles. The zero-order valence-electron chi connectivity index (χ0n) is 17.3. The van der Waals surface area contributed by atoms with Crippen LogP contribution in [-0.2, 0) is 6.16 Å². The molecule has 0 aromatic heterocycles. The average molecular weight is 433 g/mol. The van der Waals surface area contributed by atoms with E-state index in [0.717, 1.165) is 11.9 Å². The first-order chi connectivity index (χ1) is 14.5. The average Bonchev–Trinajstić information content (AvgIpc) is 2.81. The summed E-state index contributed by atoms with van der Waals surface area (Å²) in [4.78, 5) is 0. The van der Waals surface area contributed by atoms with Crippen molar-refractivity contribution in [2.24, 2.45) is 0 Å². The minimum atomic E-state index is -3.31. The number of hydrogen-bond acceptors (Lipinski definition) is 1. The molecular formula is C27H26ClOP. The summed E-state index contributed by atoms with van der Waals surface area (Å²) in [5.74, 6) is -2.46. The molecule has 1 nitrogen and oxygen atoms in total. The van der Waals surface area contributed by atoms with Gasteiger partial charge in [0, 0.05) is 0 Å². The van der Waals surface area contributed by atoms with Gasteiger partial charge in [0.25, 0.3) is 0 Å². The monoisotopic (exact) mass is 432 g/mol. The third kappa shape index (κ3) is 3.54. The van der Waals surface area contributed by atoms with Crippen molar-refractivity contribution in [3.05, 3.63) is 120 Å². The van der Waals surface area contributed by atoms with Gasteiger partial charge in [0.2, 0.25) is 0 Å². The van der Waals surface area contributed by atoms with Gasteiger partial charge in [-0.1, -0.05) is 0 Å². The summed E-state index contributed by atoms with van der Waals surface area (Å²) in [6.07, 6.45) is 0.731. The van der Waals surface area contributed by atoms with E-state index in [9.17, 15) is 0 Å². The van der Waals surface area contributed by atoms with Crippen LogP contribution in [0.2, 0.25) is 0 Å². The van der Waals surface area contributed by atoms with E-state index in [2.05, 4.69) is 104 Å².